The van der Waals surface area contributed by atoms with E-state index in [0.29, 0.717) is 44.6 Å². The molecule has 192 valence electrons. The van der Waals surface area contributed by atoms with Gasteiger partial charge < -0.3 is 4.90 Å². The molecule has 2 fully saturated rings. The predicted octanol–water partition coefficient (Wildman–Crippen LogP) is 5.32. The number of nitrogens with zero attached hydrogens (tertiary/aromatic N) is 4. The fraction of sp³-hybridized carbons (Fsp3) is 0.379. The number of hydrogen-bond acceptors (Lipinski definition) is 6. The molecule has 0 aliphatic carbocycles. The topological polar surface area (TPSA) is 57.9 Å². The highest BCUT2D eigenvalue weighted by atomic mass is 32.2. The highest BCUT2D eigenvalue weighted by Gasteiger charge is 2.33. The number of aryl methyl sites for hydroxylation is 1. The summed E-state index contributed by atoms with van der Waals surface area (Å²) in [4.78, 5) is 36.2. The average Bonchev–Trinajstić information content (AvgIpc) is 3.14. The lowest BCUT2D eigenvalue weighted by Gasteiger charge is -2.33. The Morgan fingerprint density at radius 1 is 1.11 bits per heavy atom. The number of fused-ring (bicyclic) bond motifs is 1. The monoisotopic (exact) mass is 532 g/mol. The normalized spacial score (nSPS) is 18.1. The fourth-order valence-electron chi connectivity index (χ4n) is 5.06. The van der Waals surface area contributed by atoms with Gasteiger partial charge in [0, 0.05) is 25.8 Å². The van der Waals surface area contributed by atoms with Crippen molar-refractivity contribution >= 4 is 51.7 Å². The summed E-state index contributed by atoms with van der Waals surface area (Å²) in [6.45, 7) is 8.28. The Morgan fingerprint density at radius 2 is 1.84 bits per heavy atom. The molecule has 37 heavy (non-hydrogen) atoms. The summed E-state index contributed by atoms with van der Waals surface area (Å²) in [7, 11) is 0. The van der Waals surface area contributed by atoms with Gasteiger partial charge in [-0.2, -0.15) is 0 Å². The van der Waals surface area contributed by atoms with Crippen LogP contribution in [0.15, 0.2) is 58.4 Å². The molecule has 1 amide bonds. The van der Waals surface area contributed by atoms with Gasteiger partial charge in [-0.1, -0.05) is 74.2 Å². The number of aromatic nitrogens is 2. The molecule has 0 N–H and O–H groups in total. The lowest BCUT2D eigenvalue weighted by atomic mass is 9.90. The van der Waals surface area contributed by atoms with Crippen molar-refractivity contribution < 1.29 is 4.79 Å². The number of hydrogen-bond donors (Lipinski definition) is 0. The van der Waals surface area contributed by atoms with Gasteiger partial charge in [0.2, 0.25) is 0 Å². The number of carbonyl (C=O) groups is 1. The quantitative estimate of drug-likeness (QED) is 0.316. The second-order valence-corrected chi connectivity index (χ2v) is 12.1. The van der Waals surface area contributed by atoms with Crippen LogP contribution >= 0.6 is 24.0 Å². The zero-order valence-electron chi connectivity index (χ0n) is 21.5. The van der Waals surface area contributed by atoms with Crippen LogP contribution in [0.2, 0.25) is 0 Å². The van der Waals surface area contributed by atoms with Crippen LogP contribution in [0.4, 0.5) is 5.82 Å². The largest absolute Gasteiger partial charge is 0.356 e. The fourth-order valence-corrected chi connectivity index (χ4v) is 6.32. The third-order valence-corrected chi connectivity index (χ3v) is 8.34. The minimum Gasteiger partial charge on any atom is -0.356 e. The molecule has 4 heterocycles. The standard InChI is InChI=1S/C29H32N4O2S2/c1-19(2)17-33-28(35)24(37-29(33)36)16-23-26(30-25-10-9-20(3)18-32(25)27(23)34)31-13-11-22(12-14-31)15-21-7-5-4-6-8-21/h4-10,16,18-19,22H,11-15,17H2,1-3H3/b24-16-. The summed E-state index contributed by atoms with van der Waals surface area (Å²) in [5, 5.41) is 0. The van der Waals surface area contributed by atoms with Crippen LogP contribution in [-0.4, -0.2) is 44.1 Å². The Hall–Kier alpha value is -2.97. The molecule has 1 aromatic carbocycles. The Kier molecular flexibility index (Phi) is 7.49. The van der Waals surface area contributed by atoms with E-state index in [0.717, 1.165) is 37.9 Å². The zero-order chi connectivity index (χ0) is 26.1. The first-order valence-electron chi connectivity index (χ1n) is 12.9. The maximum atomic E-state index is 13.8. The van der Waals surface area contributed by atoms with Gasteiger partial charge in [-0.15, -0.1) is 0 Å². The van der Waals surface area contributed by atoms with Crippen molar-refractivity contribution in [3.05, 3.63) is 80.6 Å². The molecule has 0 unspecified atom stereocenters. The summed E-state index contributed by atoms with van der Waals surface area (Å²) in [6.07, 6.45) is 6.64. The number of rotatable bonds is 6. The first kappa shape index (κ1) is 25.7. The van der Waals surface area contributed by atoms with Crippen LogP contribution in [0.25, 0.3) is 11.7 Å². The van der Waals surface area contributed by atoms with Crippen LogP contribution in [0.1, 0.15) is 43.4 Å². The number of thiocarbonyl (C=S) groups is 1. The molecule has 6 nitrogen and oxygen atoms in total. The van der Waals surface area contributed by atoms with E-state index >= 15 is 0 Å². The van der Waals surface area contributed by atoms with Gasteiger partial charge in [0.05, 0.1) is 10.5 Å². The first-order chi connectivity index (χ1) is 17.8. The van der Waals surface area contributed by atoms with E-state index in [9.17, 15) is 9.59 Å². The molecule has 0 atom stereocenters. The molecular formula is C29H32N4O2S2. The highest BCUT2D eigenvalue weighted by Crippen LogP contribution is 2.34. The van der Waals surface area contributed by atoms with Crippen molar-refractivity contribution in [2.75, 3.05) is 24.5 Å². The molecule has 2 saturated heterocycles. The Balaban J connectivity index is 1.48. The van der Waals surface area contributed by atoms with Gasteiger partial charge in [-0.05, 0) is 61.3 Å². The second-order valence-electron chi connectivity index (χ2n) is 10.4. The van der Waals surface area contributed by atoms with Gasteiger partial charge in [-0.3, -0.25) is 18.9 Å². The van der Waals surface area contributed by atoms with Gasteiger partial charge in [0.1, 0.15) is 15.8 Å². The lowest BCUT2D eigenvalue weighted by molar-refractivity contribution is -0.122. The summed E-state index contributed by atoms with van der Waals surface area (Å²) >= 11 is 6.77. The zero-order valence-corrected chi connectivity index (χ0v) is 23.1. The molecule has 0 radical (unpaired) electrons. The maximum Gasteiger partial charge on any atom is 0.267 e. The third-order valence-electron chi connectivity index (χ3n) is 6.96. The van der Waals surface area contributed by atoms with E-state index < -0.39 is 0 Å². The number of pyridine rings is 1. The number of thioether (sulfide) groups is 1. The summed E-state index contributed by atoms with van der Waals surface area (Å²) in [5.41, 5.74) is 3.24. The summed E-state index contributed by atoms with van der Waals surface area (Å²) in [5.74, 6) is 1.41. The number of anilines is 1. The van der Waals surface area contributed by atoms with Crippen LogP contribution in [0.3, 0.4) is 0 Å². The molecule has 2 aliphatic heterocycles. The van der Waals surface area contributed by atoms with E-state index in [1.165, 1.54) is 17.3 Å². The van der Waals surface area contributed by atoms with E-state index in [4.69, 9.17) is 17.2 Å². The predicted molar refractivity (Wildman–Crippen MR) is 156 cm³/mol. The molecule has 2 aromatic heterocycles. The van der Waals surface area contributed by atoms with E-state index in [2.05, 4.69) is 49.1 Å². The van der Waals surface area contributed by atoms with Crippen molar-refractivity contribution in [1.29, 1.82) is 0 Å². The smallest absolute Gasteiger partial charge is 0.267 e. The molecule has 0 saturated carbocycles. The molecule has 5 rings (SSSR count). The van der Waals surface area contributed by atoms with Crippen LogP contribution in [0, 0.1) is 18.8 Å². The molecule has 8 heteroatoms. The number of piperidine rings is 1. The molecule has 0 spiro atoms. The Bertz CT molecular complexity index is 1420. The van der Waals surface area contributed by atoms with Crippen molar-refractivity contribution in [2.24, 2.45) is 11.8 Å². The van der Waals surface area contributed by atoms with Crippen molar-refractivity contribution in [1.82, 2.24) is 14.3 Å². The van der Waals surface area contributed by atoms with Gasteiger partial charge in [0.25, 0.3) is 11.5 Å². The average molecular weight is 533 g/mol. The highest BCUT2D eigenvalue weighted by molar-refractivity contribution is 8.26. The Morgan fingerprint density at radius 3 is 2.54 bits per heavy atom. The SMILES string of the molecule is Cc1ccc2nc(N3CCC(Cc4ccccc4)CC3)c(/C=C3\SC(=S)N(CC(C)C)C3=O)c(=O)n2c1. The maximum absolute atomic E-state index is 13.8. The van der Waals surface area contributed by atoms with Crippen molar-refractivity contribution in [2.45, 2.75) is 40.0 Å². The molecule has 3 aromatic rings. The van der Waals surface area contributed by atoms with Gasteiger partial charge in [-0.25, -0.2) is 4.98 Å². The molecule has 2 aliphatic rings. The number of benzene rings is 1. The van der Waals surface area contributed by atoms with Crippen LogP contribution in [0.5, 0.6) is 0 Å². The van der Waals surface area contributed by atoms with Crippen LogP contribution < -0.4 is 10.5 Å². The van der Waals surface area contributed by atoms with E-state index in [-0.39, 0.29) is 11.5 Å². The van der Waals surface area contributed by atoms with E-state index in [1.807, 2.05) is 25.3 Å². The van der Waals surface area contributed by atoms with Gasteiger partial charge in [0.15, 0.2) is 0 Å². The van der Waals surface area contributed by atoms with Crippen molar-refractivity contribution in [3.8, 4) is 0 Å². The first-order valence-corrected chi connectivity index (χ1v) is 14.1. The third kappa shape index (κ3) is 5.50. The molecule has 0 bridgehead atoms. The second kappa shape index (κ2) is 10.8. The molecular weight excluding hydrogens is 500 g/mol. The number of carbonyl (C=O) groups excluding carboxylic acids is 1. The van der Waals surface area contributed by atoms with Crippen LogP contribution in [-0.2, 0) is 11.2 Å². The summed E-state index contributed by atoms with van der Waals surface area (Å²) < 4.78 is 2.12. The number of amides is 1. The van der Waals surface area contributed by atoms with Gasteiger partial charge >= 0.3 is 0 Å². The van der Waals surface area contributed by atoms with Crippen molar-refractivity contribution in [3.63, 3.8) is 0 Å². The van der Waals surface area contributed by atoms with E-state index in [1.54, 1.807) is 15.4 Å². The Labute approximate surface area is 227 Å². The lowest BCUT2D eigenvalue weighted by Crippen LogP contribution is -2.37. The summed E-state index contributed by atoms with van der Waals surface area (Å²) in [6, 6.07) is 14.5. The minimum atomic E-state index is -0.163. The minimum absolute atomic E-state index is 0.134.